The highest BCUT2D eigenvalue weighted by molar-refractivity contribution is 5.85. The van der Waals surface area contributed by atoms with Gasteiger partial charge in [0.2, 0.25) is 0 Å². The van der Waals surface area contributed by atoms with Crippen LogP contribution in [0.25, 0.3) is 11.0 Å². The first kappa shape index (κ1) is 11.2. The molecule has 0 saturated carbocycles. The number of carbonyl (C=O) groups is 2. The second-order valence-corrected chi connectivity index (χ2v) is 3.44. The summed E-state index contributed by atoms with van der Waals surface area (Å²) in [5, 5.41) is 0.821. The van der Waals surface area contributed by atoms with E-state index >= 15 is 0 Å². The third-order valence-corrected chi connectivity index (χ3v) is 2.03. The standard InChI is InChI=1S/C12H10O5/c1-8(13)7-16-12(14)17-10-4-2-3-9-5-6-15-11(9)10/h2-6H,7H2,1H3. The van der Waals surface area contributed by atoms with Crippen molar-refractivity contribution in [2.45, 2.75) is 6.92 Å². The van der Waals surface area contributed by atoms with Crippen molar-refractivity contribution >= 4 is 22.9 Å². The van der Waals surface area contributed by atoms with Gasteiger partial charge in [0.25, 0.3) is 0 Å². The average Bonchev–Trinajstić information content (AvgIpc) is 2.75. The molecule has 0 fully saturated rings. The zero-order valence-electron chi connectivity index (χ0n) is 9.14. The molecule has 0 aliphatic carbocycles. The number of ether oxygens (including phenoxy) is 2. The minimum atomic E-state index is -0.927. The number of hydrogen-bond donors (Lipinski definition) is 0. The van der Waals surface area contributed by atoms with Crippen LogP contribution in [0.2, 0.25) is 0 Å². The molecule has 1 aromatic carbocycles. The van der Waals surface area contributed by atoms with Gasteiger partial charge in [0.1, 0.15) is 0 Å². The lowest BCUT2D eigenvalue weighted by atomic mass is 10.2. The highest BCUT2D eigenvalue weighted by Gasteiger charge is 2.11. The normalized spacial score (nSPS) is 10.2. The molecule has 0 aliphatic rings. The van der Waals surface area contributed by atoms with Crippen molar-refractivity contribution in [1.29, 1.82) is 0 Å². The third-order valence-electron chi connectivity index (χ3n) is 2.03. The van der Waals surface area contributed by atoms with Crippen LogP contribution < -0.4 is 4.74 Å². The molecule has 0 N–H and O–H groups in total. The lowest BCUT2D eigenvalue weighted by Gasteiger charge is -2.04. The molecule has 0 radical (unpaired) electrons. The summed E-state index contributed by atoms with van der Waals surface area (Å²) in [6, 6.07) is 6.89. The maximum atomic E-state index is 11.2. The van der Waals surface area contributed by atoms with Crippen molar-refractivity contribution in [3.05, 3.63) is 30.5 Å². The van der Waals surface area contributed by atoms with Crippen molar-refractivity contribution in [2.75, 3.05) is 6.61 Å². The van der Waals surface area contributed by atoms with Crippen LogP contribution >= 0.6 is 0 Å². The van der Waals surface area contributed by atoms with Crippen LogP contribution in [0.15, 0.2) is 34.9 Å². The fourth-order valence-electron chi connectivity index (χ4n) is 1.33. The third kappa shape index (κ3) is 2.63. The van der Waals surface area contributed by atoms with E-state index in [0.717, 1.165) is 5.39 Å². The summed E-state index contributed by atoms with van der Waals surface area (Å²) in [5.74, 6) is 0.0132. The van der Waals surface area contributed by atoms with Gasteiger partial charge in [0.05, 0.1) is 6.26 Å². The van der Waals surface area contributed by atoms with Gasteiger partial charge in [-0.1, -0.05) is 12.1 Å². The van der Waals surface area contributed by atoms with Gasteiger partial charge in [0, 0.05) is 5.39 Å². The Hall–Kier alpha value is -2.30. The van der Waals surface area contributed by atoms with Crippen LogP contribution in [0.4, 0.5) is 4.79 Å². The number of rotatable bonds is 3. The summed E-state index contributed by atoms with van der Waals surface area (Å²) in [4.78, 5) is 21.9. The summed E-state index contributed by atoms with van der Waals surface area (Å²) in [6.45, 7) is 1.02. The Bertz CT molecular complexity index is 555. The first-order chi connectivity index (χ1) is 8.16. The zero-order valence-corrected chi connectivity index (χ0v) is 9.14. The summed E-state index contributed by atoms with van der Waals surface area (Å²) in [7, 11) is 0. The number of carbonyl (C=O) groups excluding carboxylic acids is 2. The van der Waals surface area contributed by atoms with Crippen LogP contribution in [0.3, 0.4) is 0 Å². The molecular weight excluding hydrogens is 224 g/mol. The molecule has 0 unspecified atom stereocenters. The molecule has 0 spiro atoms. The van der Waals surface area contributed by atoms with Crippen molar-refractivity contribution < 1.29 is 23.5 Å². The molecule has 0 saturated heterocycles. The lowest BCUT2D eigenvalue weighted by molar-refractivity contribution is -0.120. The van der Waals surface area contributed by atoms with E-state index in [1.165, 1.54) is 13.2 Å². The van der Waals surface area contributed by atoms with Crippen LogP contribution in [-0.2, 0) is 9.53 Å². The molecule has 0 aliphatic heterocycles. The van der Waals surface area contributed by atoms with Crippen LogP contribution in [0.5, 0.6) is 5.75 Å². The first-order valence-electron chi connectivity index (χ1n) is 4.97. The van der Waals surface area contributed by atoms with E-state index in [2.05, 4.69) is 4.74 Å². The Morgan fingerprint density at radius 3 is 2.88 bits per heavy atom. The summed E-state index contributed by atoms with van der Waals surface area (Å²) in [5.41, 5.74) is 0.465. The van der Waals surface area contributed by atoms with Crippen molar-refractivity contribution in [1.82, 2.24) is 0 Å². The lowest BCUT2D eigenvalue weighted by Crippen LogP contribution is -2.15. The second-order valence-electron chi connectivity index (χ2n) is 3.44. The molecule has 0 amide bonds. The highest BCUT2D eigenvalue weighted by atomic mass is 16.7. The fourth-order valence-corrected chi connectivity index (χ4v) is 1.33. The minimum Gasteiger partial charge on any atom is -0.460 e. The van der Waals surface area contributed by atoms with E-state index in [0.29, 0.717) is 5.58 Å². The molecule has 17 heavy (non-hydrogen) atoms. The number of ketones is 1. The molecule has 0 atom stereocenters. The number of furan rings is 1. The second kappa shape index (κ2) is 4.69. The van der Waals surface area contributed by atoms with Gasteiger partial charge in [-0.25, -0.2) is 4.79 Å². The van der Waals surface area contributed by atoms with Gasteiger partial charge >= 0.3 is 6.16 Å². The molecule has 5 nitrogen and oxygen atoms in total. The zero-order chi connectivity index (χ0) is 12.3. The quantitative estimate of drug-likeness (QED) is 0.603. The van der Waals surface area contributed by atoms with Gasteiger partial charge in [0.15, 0.2) is 23.7 Å². The van der Waals surface area contributed by atoms with Gasteiger partial charge in [-0.15, -0.1) is 0 Å². The van der Waals surface area contributed by atoms with E-state index in [1.807, 2.05) is 6.07 Å². The SMILES string of the molecule is CC(=O)COC(=O)Oc1cccc2ccoc12. The van der Waals surface area contributed by atoms with Crippen molar-refractivity contribution in [3.8, 4) is 5.75 Å². The van der Waals surface area contributed by atoms with Gasteiger partial charge in [-0.05, 0) is 19.1 Å². The Morgan fingerprint density at radius 2 is 2.12 bits per heavy atom. The van der Waals surface area contributed by atoms with Crippen LogP contribution in [-0.4, -0.2) is 18.5 Å². The monoisotopic (exact) mass is 234 g/mol. The Balaban J connectivity index is 2.10. The Kier molecular flexibility index (Phi) is 3.09. The molecular formula is C12H10O5. The average molecular weight is 234 g/mol. The van der Waals surface area contributed by atoms with E-state index < -0.39 is 6.16 Å². The van der Waals surface area contributed by atoms with Crippen LogP contribution in [0, 0.1) is 0 Å². The summed E-state index contributed by atoms with van der Waals surface area (Å²) >= 11 is 0. The van der Waals surface area contributed by atoms with Gasteiger partial charge in [-0.3, -0.25) is 4.79 Å². The Morgan fingerprint density at radius 1 is 1.29 bits per heavy atom. The number of para-hydroxylation sites is 1. The molecule has 0 bridgehead atoms. The largest absolute Gasteiger partial charge is 0.514 e. The minimum absolute atomic E-state index is 0.252. The predicted molar refractivity (Wildman–Crippen MR) is 58.9 cm³/mol. The molecule has 1 heterocycles. The molecule has 2 aromatic rings. The first-order valence-corrected chi connectivity index (χ1v) is 4.97. The topological polar surface area (TPSA) is 65.7 Å². The van der Waals surface area contributed by atoms with E-state index in [1.54, 1.807) is 18.2 Å². The van der Waals surface area contributed by atoms with E-state index in [9.17, 15) is 9.59 Å². The van der Waals surface area contributed by atoms with E-state index in [4.69, 9.17) is 9.15 Å². The maximum absolute atomic E-state index is 11.2. The summed E-state index contributed by atoms with van der Waals surface area (Å²) < 4.78 is 14.7. The summed E-state index contributed by atoms with van der Waals surface area (Å²) in [6.07, 6.45) is 0.572. The number of fused-ring (bicyclic) bond motifs is 1. The molecule has 88 valence electrons. The molecule has 5 heteroatoms. The van der Waals surface area contributed by atoms with E-state index in [-0.39, 0.29) is 18.1 Å². The highest BCUT2D eigenvalue weighted by Crippen LogP contribution is 2.26. The molecule has 2 rings (SSSR count). The van der Waals surface area contributed by atoms with Crippen LogP contribution in [0.1, 0.15) is 6.92 Å². The van der Waals surface area contributed by atoms with Crippen molar-refractivity contribution in [2.24, 2.45) is 0 Å². The number of hydrogen-bond acceptors (Lipinski definition) is 5. The number of benzene rings is 1. The fraction of sp³-hybridized carbons (Fsp3) is 0.167. The molecule has 1 aromatic heterocycles. The van der Waals surface area contributed by atoms with Gasteiger partial charge in [-0.2, -0.15) is 0 Å². The maximum Gasteiger partial charge on any atom is 0.514 e. The predicted octanol–water partition coefficient (Wildman–Crippen LogP) is 2.54. The number of Topliss-reactive ketones (excluding diaryl/α,β-unsaturated/α-hetero) is 1. The smallest absolute Gasteiger partial charge is 0.460 e. The van der Waals surface area contributed by atoms with Gasteiger partial charge < -0.3 is 13.9 Å². The Labute approximate surface area is 96.9 Å². The van der Waals surface area contributed by atoms with Crippen molar-refractivity contribution in [3.63, 3.8) is 0 Å².